The highest BCUT2D eigenvalue weighted by atomic mass is 16.2. The number of nitrogens with zero attached hydrogens (tertiary/aromatic N) is 4. The molecule has 0 aromatic carbocycles. The first kappa shape index (κ1) is 7.64. The quantitative estimate of drug-likeness (QED) is 0.503. The summed E-state index contributed by atoms with van der Waals surface area (Å²) in [5, 5.41) is 7.34. The summed E-state index contributed by atoms with van der Waals surface area (Å²) in [6.07, 6.45) is 0. The number of tetrazole rings is 1. The highest BCUT2D eigenvalue weighted by molar-refractivity contribution is 5.80. The van der Waals surface area contributed by atoms with E-state index in [1.54, 1.807) is 18.7 Å². The molecule has 1 rings (SSSR count). The number of carbonyl (C=O) groups is 1. The predicted octanol–water partition coefficient (Wildman–Crippen LogP) is -1.50. The fourth-order valence-corrected chi connectivity index (χ4v) is 0.619. The summed E-state index contributed by atoms with van der Waals surface area (Å²) >= 11 is 0. The molecule has 1 heterocycles. The molecule has 0 aliphatic carbocycles. The molecular weight excluding hydrogens is 146 g/mol. The number of aryl methyl sites for hydroxylation is 1. The second-order valence-electron chi connectivity index (χ2n) is 2.23. The number of carbonyl (C=O) groups excluding carboxylic acids is 1. The maximum atomic E-state index is 10.6. The third-order valence-electron chi connectivity index (χ3n) is 1.30. The molecule has 1 N–H and O–H groups in total. The van der Waals surface area contributed by atoms with E-state index in [1.807, 2.05) is 0 Å². The van der Waals surface area contributed by atoms with Crippen LogP contribution in [0.25, 0.3) is 0 Å². The van der Waals surface area contributed by atoms with Crippen LogP contribution in [0, 0.1) is 6.92 Å². The predicted molar refractivity (Wildman–Crippen MR) is 36.0 cm³/mol. The van der Waals surface area contributed by atoms with Gasteiger partial charge in [-0.15, -0.1) is 4.68 Å². The van der Waals surface area contributed by atoms with Crippen molar-refractivity contribution in [1.82, 2.24) is 15.2 Å². The van der Waals surface area contributed by atoms with Gasteiger partial charge in [0.25, 0.3) is 5.82 Å². The Hall–Kier alpha value is -1.46. The Balaban J connectivity index is 2.87. The third-order valence-corrected chi connectivity index (χ3v) is 1.30. The van der Waals surface area contributed by atoms with Gasteiger partial charge in [0, 0.05) is 18.6 Å². The fraction of sp³-hybridized carbons (Fsp3) is 0.600. The number of aromatic nitrogens is 4. The van der Waals surface area contributed by atoms with Crippen LogP contribution in [-0.2, 0) is 11.8 Å². The third kappa shape index (κ3) is 1.51. The summed E-state index contributed by atoms with van der Waals surface area (Å²) < 4.78 is 1.57. The second-order valence-corrected chi connectivity index (χ2v) is 2.23. The van der Waals surface area contributed by atoms with Gasteiger partial charge in [0.05, 0.1) is 7.05 Å². The molecule has 1 aromatic heterocycles. The topological polar surface area (TPSA) is 63.7 Å². The van der Waals surface area contributed by atoms with Crippen molar-refractivity contribution in [3.05, 3.63) is 5.82 Å². The summed E-state index contributed by atoms with van der Waals surface area (Å²) in [5.41, 5.74) is 2.48. The van der Waals surface area contributed by atoms with Crippen LogP contribution in [0.2, 0.25) is 0 Å². The monoisotopic (exact) mass is 156 g/mol. The Morgan fingerprint density at radius 2 is 2.36 bits per heavy atom. The maximum absolute atomic E-state index is 10.6. The lowest BCUT2D eigenvalue weighted by atomic mass is 10.7. The van der Waals surface area contributed by atoms with Crippen molar-refractivity contribution in [2.75, 3.05) is 5.43 Å². The van der Waals surface area contributed by atoms with Crippen molar-refractivity contribution in [2.24, 2.45) is 7.05 Å². The molecule has 0 saturated carbocycles. The van der Waals surface area contributed by atoms with Crippen LogP contribution in [-0.4, -0.2) is 21.1 Å². The molecule has 6 nitrogen and oxygen atoms in total. The molecule has 0 saturated heterocycles. The number of hydrogen-bond acceptors (Lipinski definition) is 3. The first-order valence-electron chi connectivity index (χ1n) is 3.17. The van der Waals surface area contributed by atoms with Crippen molar-refractivity contribution < 1.29 is 9.48 Å². The minimum absolute atomic E-state index is 0.168. The van der Waals surface area contributed by atoms with Crippen LogP contribution < -0.4 is 10.1 Å². The molecule has 11 heavy (non-hydrogen) atoms. The first-order chi connectivity index (χ1) is 5.11. The normalized spacial score (nSPS) is 9.73. The van der Waals surface area contributed by atoms with Crippen LogP contribution in [0.15, 0.2) is 0 Å². The molecule has 0 atom stereocenters. The van der Waals surface area contributed by atoms with E-state index in [1.165, 1.54) is 11.7 Å². The van der Waals surface area contributed by atoms with Crippen molar-refractivity contribution in [3.8, 4) is 0 Å². The highest BCUT2D eigenvalue weighted by Gasteiger charge is 2.12. The van der Waals surface area contributed by atoms with Gasteiger partial charge in [0.2, 0.25) is 5.91 Å². The summed E-state index contributed by atoms with van der Waals surface area (Å²) in [4.78, 5) is 11.9. The largest absolute Gasteiger partial charge is 0.281 e. The van der Waals surface area contributed by atoms with Crippen molar-refractivity contribution in [3.63, 3.8) is 0 Å². The lowest BCUT2D eigenvalue weighted by molar-refractivity contribution is -0.737. The van der Waals surface area contributed by atoms with Crippen LogP contribution in [0.4, 0.5) is 0 Å². The van der Waals surface area contributed by atoms with E-state index in [0.29, 0.717) is 0 Å². The van der Waals surface area contributed by atoms with Gasteiger partial charge in [-0.25, -0.2) is 0 Å². The van der Waals surface area contributed by atoms with Crippen LogP contribution in [0.5, 0.6) is 0 Å². The summed E-state index contributed by atoms with van der Waals surface area (Å²) in [5.74, 6) is 0.596. The van der Waals surface area contributed by atoms with Crippen LogP contribution in [0.3, 0.4) is 0 Å². The zero-order valence-electron chi connectivity index (χ0n) is 6.70. The summed E-state index contributed by atoms with van der Waals surface area (Å²) in [6, 6.07) is 0. The molecule has 0 fully saturated rings. The zero-order chi connectivity index (χ0) is 8.43. The van der Waals surface area contributed by atoms with Crippen molar-refractivity contribution >= 4 is 5.91 Å². The number of hydrogen-bond donors (Lipinski definition) is 1. The second kappa shape index (κ2) is 2.65. The molecule has 60 valence electrons. The van der Waals surface area contributed by atoms with Gasteiger partial charge in [0.1, 0.15) is 5.21 Å². The zero-order valence-corrected chi connectivity index (χ0v) is 6.70. The van der Waals surface area contributed by atoms with E-state index in [-0.39, 0.29) is 5.91 Å². The molecule has 0 aliphatic rings. The lowest BCUT2D eigenvalue weighted by Crippen LogP contribution is -2.35. The standard InChI is InChI=1S/C5H9N5O/c1-4(11)6-10-5(2)9(3)7-8-10/h1-3H3/p+1. The summed E-state index contributed by atoms with van der Waals surface area (Å²) in [6.45, 7) is 3.22. The Kier molecular flexibility index (Phi) is 1.84. The van der Waals surface area contributed by atoms with E-state index in [0.717, 1.165) is 5.82 Å². The number of amides is 1. The SMILES string of the molecule is CC(=O)Nn1nn[n+](C)c1C. The van der Waals surface area contributed by atoms with Gasteiger partial charge in [-0.2, -0.15) is 5.43 Å². The van der Waals surface area contributed by atoms with Gasteiger partial charge < -0.3 is 0 Å². The summed E-state index contributed by atoms with van der Waals surface area (Å²) in [7, 11) is 1.75. The molecule has 0 bridgehead atoms. The van der Waals surface area contributed by atoms with Gasteiger partial charge in [-0.05, 0) is 0 Å². The number of rotatable bonds is 1. The Bertz CT molecular complexity index is 278. The Labute approximate surface area is 63.8 Å². The van der Waals surface area contributed by atoms with Crippen molar-refractivity contribution in [1.29, 1.82) is 0 Å². The molecule has 1 amide bonds. The highest BCUT2D eigenvalue weighted by Crippen LogP contribution is 1.79. The first-order valence-corrected chi connectivity index (χ1v) is 3.17. The minimum Gasteiger partial charge on any atom is -0.272 e. The van der Waals surface area contributed by atoms with Gasteiger partial charge >= 0.3 is 0 Å². The van der Waals surface area contributed by atoms with Crippen molar-refractivity contribution in [2.45, 2.75) is 13.8 Å². The van der Waals surface area contributed by atoms with Gasteiger partial charge in [0.15, 0.2) is 5.21 Å². The van der Waals surface area contributed by atoms with Crippen LogP contribution >= 0.6 is 0 Å². The average molecular weight is 156 g/mol. The van der Waals surface area contributed by atoms with Gasteiger partial charge in [-0.3, -0.25) is 4.79 Å². The molecule has 0 radical (unpaired) electrons. The number of nitrogens with one attached hydrogen (secondary N) is 1. The Morgan fingerprint density at radius 1 is 1.73 bits per heavy atom. The molecular formula is C5H10N5O+. The molecule has 1 aromatic rings. The van der Waals surface area contributed by atoms with Crippen LogP contribution in [0.1, 0.15) is 12.7 Å². The maximum Gasteiger partial charge on any atom is 0.281 e. The molecule has 0 spiro atoms. The van der Waals surface area contributed by atoms with Gasteiger partial charge in [-0.1, -0.05) is 0 Å². The molecule has 6 heteroatoms. The Morgan fingerprint density at radius 3 is 2.73 bits per heavy atom. The van der Waals surface area contributed by atoms with E-state index in [2.05, 4.69) is 15.9 Å². The van der Waals surface area contributed by atoms with E-state index >= 15 is 0 Å². The average Bonchev–Trinajstić information content (AvgIpc) is 2.18. The fourth-order valence-electron chi connectivity index (χ4n) is 0.619. The molecule has 0 aliphatic heterocycles. The lowest BCUT2D eigenvalue weighted by Gasteiger charge is -1.91. The minimum atomic E-state index is -0.168. The van der Waals surface area contributed by atoms with E-state index in [9.17, 15) is 4.79 Å². The molecule has 0 unspecified atom stereocenters. The smallest absolute Gasteiger partial charge is 0.272 e. The van der Waals surface area contributed by atoms with E-state index in [4.69, 9.17) is 0 Å². The van der Waals surface area contributed by atoms with E-state index < -0.39 is 0 Å².